The van der Waals surface area contributed by atoms with Crippen LogP contribution in [0.2, 0.25) is 0 Å². The summed E-state index contributed by atoms with van der Waals surface area (Å²) in [6.07, 6.45) is -3.24. The minimum atomic E-state index is -4.58. The average Bonchev–Trinajstić information content (AvgIpc) is 2.63. The van der Waals surface area contributed by atoms with Gasteiger partial charge in [0.2, 0.25) is 0 Å². The molecule has 26 heavy (non-hydrogen) atoms. The Labute approximate surface area is 149 Å². The molecule has 0 saturated carbocycles. The van der Waals surface area contributed by atoms with Crippen LogP contribution in [-0.2, 0) is 12.6 Å². The van der Waals surface area contributed by atoms with E-state index in [0.29, 0.717) is 0 Å². The maximum atomic E-state index is 13.5. The molecule has 0 aliphatic rings. The Kier molecular flexibility index (Phi) is 5.11. The summed E-state index contributed by atoms with van der Waals surface area (Å²) < 4.78 is 51.3. The van der Waals surface area contributed by atoms with E-state index < -0.39 is 11.7 Å². The number of hydrogen-bond donors (Lipinski definition) is 0. The fraction of sp³-hybridized carbons (Fsp3) is 0.150. The number of halogens is 3. The Balaban J connectivity index is 2.07. The molecule has 1 radical (unpaired) electrons. The van der Waals surface area contributed by atoms with E-state index in [-0.39, 0.29) is 29.4 Å². The van der Waals surface area contributed by atoms with Crippen molar-refractivity contribution in [2.45, 2.75) is 12.6 Å². The van der Waals surface area contributed by atoms with Gasteiger partial charge in [-0.1, -0.05) is 42.5 Å². The van der Waals surface area contributed by atoms with Crippen LogP contribution in [0.15, 0.2) is 60.8 Å². The lowest BCUT2D eigenvalue weighted by Gasteiger charge is -2.17. The van der Waals surface area contributed by atoms with Crippen LogP contribution in [-0.4, -0.2) is 12.1 Å². The first-order chi connectivity index (χ1) is 12.5. The van der Waals surface area contributed by atoms with Crippen molar-refractivity contribution in [3.63, 3.8) is 0 Å². The zero-order chi connectivity index (χ0) is 18.6. The van der Waals surface area contributed by atoms with Crippen LogP contribution < -0.4 is 9.47 Å². The molecule has 0 saturated heterocycles. The van der Waals surface area contributed by atoms with Crippen molar-refractivity contribution in [1.29, 1.82) is 0 Å². The van der Waals surface area contributed by atoms with Gasteiger partial charge in [-0.3, -0.25) is 4.98 Å². The van der Waals surface area contributed by atoms with Crippen molar-refractivity contribution in [1.82, 2.24) is 4.98 Å². The van der Waals surface area contributed by atoms with Gasteiger partial charge in [-0.05, 0) is 17.7 Å². The summed E-state index contributed by atoms with van der Waals surface area (Å²) in [5.41, 5.74) is 0.122. The first-order valence-electron chi connectivity index (χ1n) is 7.80. The lowest BCUT2D eigenvalue weighted by molar-refractivity contribution is -0.138. The zero-order valence-corrected chi connectivity index (χ0v) is 13.9. The number of pyridine rings is 1. The Morgan fingerprint density at radius 3 is 2.50 bits per heavy atom. The summed E-state index contributed by atoms with van der Waals surface area (Å²) in [6.45, 7) is 0. The molecule has 3 aromatic rings. The Hall–Kier alpha value is -3.02. The number of nitrogens with zero attached hydrogens (tertiary/aromatic N) is 1. The average molecular weight is 358 g/mol. The molecular formula is C20H15F3NO2. The first kappa shape index (κ1) is 17.8. The van der Waals surface area contributed by atoms with Crippen LogP contribution in [0.3, 0.4) is 0 Å². The van der Waals surface area contributed by atoms with Crippen LogP contribution in [0.25, 0.3) is 0 Å². The summed E-state index contributed by atoms with van der Waals surface area (Å²) in [7, 11) is 1.41. The molecule has 0 fully saturated rings. The molecule has 0 unspecified atom stereocenters. The van der Waals surface area contributed by atoms with Crippen LogP contribution in [0.5, 0.6) is 17.2 Å². The van der Waals surface area contributed by atoms with Crippen molar-refractivity contribution in [2.24, 2.45) is 0 Å². The Morgan fingerprint density at radius 2 is 1.81 bits per heavy atom. The number of benzene rings is 2. The van der Waals surface area contributed by atoms with Gasteiger partial charge in [-0.15, -0.1) is 0 Å². The van der Waals surface area contributed by atoms with Gasteiger partial charge in [0, 0.05) is 18.7 Å². The van der Waals surface area contributed by atoms with Gasteiger partial charge in [-0.25, -0.2) is 0 Å². The number of ether oxygens (including phenoxy) is 2. The molecule has 0 aliphatic carbocycles. The fourth-order valence-electron chi connectivity index (χ4n) is 2.49. The van der Waals surface area contributed by atoms with Crippen molar-refractivity contribution in [2.75, 3.05) is 7.11 Å². The first-order valence-corrected chi connectivity index (χ1v) is 7.80. The molecule has 0 aliphatic heterocycles. The summed E-state index contributed by atoms with van der Waals surface area (Å²) in [4.78, 5) is 4.12. The van der Waals surface area contributed by atoms with Crippen LogP contribution >= 0.6 is 0 Å². The maximum Gasteiger partial charge on any atom is 0.420 e. The molecule has 1 heterocycles. The molecule has 2 aromatic carbocycles. The summed E-state index contributed by atoms with van der Waals surface area (Å²) in [5.74, 6) is 0.0163. The quantitative estimate of drug-likeness (QED) is 0.621. The SMILES string of the molecule is COc1ccc[c]c1Oc1c(C(F)(F)F)ccnc1Cc1ccccc1. The molecule has 0 bridgehead atoms. The lowest BCUT2D eigenvalue weighted by Crippen LogP contribution is -2.10. The molecule has 3 rings (SSSR count). The van der Waals surface area contributed by atoms with Crippen molar-refractivity contribution in [3.05, 3.63) is 83.7 Å². The molecule has 0 N–H and O–H groups in total. The third-order valence-corrected chi connectivity index (χ3v) is 3.70. The maximum absolute atomic E-state index is 13.5. The van der Waals surface area contributed by atoms with Gasteiger partial charge >= 0.3 is 6.18 Å². The van der Waals surface area contributed by atoms with Gasteiger partial charge in [0.15, 0.2) is 17.2 Å². The monoisotopic (exact) mass is 358 g/mol. The van der Waals surface area contributed by atoms with Crippen molar-refractivity contribution in [3.8, 4) is 17.2 Å². The van der Waals surface area contributed by atoms with E-state index in [1.54, 1.807) is 18.2 Å². The highest BCUT2D eigenvalue weighted by atomic mass is 19.4. The molecule has 0 spiro atoms. The highest BCUT2D eigenvalue weighted by Gasteiger charge is 2.36. The second-order valence-electron chi connectivity index (χ2n) is 5.46. The fourth-order valence-corrected chi connectivity index (χ4v) is 2.49. The number of rotatable bonds is 5. The van der Waals surface area contributed by atoms with Crippen LogP contribution in [0, 0.1) is 6.07 Å². The van der Waals surface area contributed by atoms with E-state index in [1.165, 1.54) is 7.11 Å². The van der Waals surface area contributed by atoms with Gasteiger partial charge in [0.05, 0.1) is 12.8 Å². The van der Waals surface area contributed by atoms with Gasteiger partial charge in [0.25, 0.3) is 0 Å². The van der Waals surface area contributed by atoms with E-state index in [0.717, 1.165) is 17.8 Å². The van der Waals surface area contributed by atoms with Gasteiger partial charge in [-0.2, -0.15) is 13.2 Å². The van der Waals surface area contributed by atoms with Crippen LogP contribution in [0.1, 0.15) is 16.8 Å². The number of methoxy groups -OCH3 is 1. The predicted molar refractivity (Wildman–Crippen MR) is 90.4 cm³/mol. The van der Waals surface area contributed by atoms with E-state index in [4.69, 9.17) is 9.47 Å². The van der Waals surface area contributed by atoms with Crippen molar-refractivity contribution < 1.29 is 22.6 Å². The van der Waals surface area contributed by atoms with Crippen molar-refractivity contribution >= 4 is 0 Å². The van der Waals surface area contributed by atoms with E-state index in [1.807, 2.05) is 30.3 Å². The van der Waals surface area contributed by atoms with Gasteiger partial charge < -0.3 is 9.47 Å². The minimum absolute atomic E-state index is 0.0720. The van der Waals surface area contributed by atoms with E-state index in [9.17, 15) is 13.2 Å². The second kappa shape index (κ2) is 7.47. The number of aromatic nitrogens is 1. The third kappa shape index (κ3) is 3.96. The standard InChI is InChI=1S/C20H15F3NO2/c1-25-17-9-5-6-10-18(17)26-19-15(20(21,22)23)11-12-24-16(19)13-14-7-3-2-4-8-14/h2-9,11-12H,13H2,1H3. The smallest absolute Gasteiger partial charge is 0.420 e. The number of hydrogen-bond acceptors (Lipinski definition) is 3. The summed E-state index contributed by atoms with van der Waals surface area (Å²) in [6, 6.07) is 17.6. The molecule has 1 aromatic heterocycles. The highest BCUT2D eigenvalue weighted by molar-refractivity contribution is 5.47. The lowest BCUT2D eigenvalue weighted by atomic mass is 10.1. The second-order valence-corrected chi connectivity index (χ2v) is 5.46. The summed E-state index contributed by atoms with van der Waals surface area (Å²) in [5, 5.41) is 0. The normalized spacial score (nSPS) is 11.2. The Morgan fingerprint density at radius 1 is 1.04 bits per heavy atom. The number of para-hydroxylation sites is 1. The molecular weight excluding hydrogens is 343 g/mol. The molecule has 0 amide bonds. The molecule has 3 nitrogen and oxygen atoms in total. The van der Waals surface area contributed by atoms with E-state index in [2.05, 4.69) is 11.1 Å². The van der Waals surface area contributed by atoms with Crippen LogP contribution in [0.4, 0.5) is 13.2 Å². The Bertz CT molecular complexity index is 880. The number of alkyl halides is 3. The van der Waals surface area contributed by atoms with E-state index >= 15 is 0 Å². The molecule has 133 valence electrons. The zero-order valence-electron chi connectivity index (χ0n) is 13.9. The topological polar surface area (TPSA) is 31.4 Å². The van der Waals surface area contributed by atoms with Gasteiger partial charge in [0.1, 0.15) is 5.56 Å². The highest BCUT2D eigenvalue weighted by Crippen LogP contribution is 2.41. The largest absolute Gasteiger partial charge is 0.493 e. The third-order valence-electron chi connectivity index (χ3n) is 3.70. The molecule has 6 heteroatoms. The molecule has 0 atom stereocenters. The predicted octanol–water partition coefficient (Wildman–Crippen LogP) is 5.29. The summed E-state index contributed by atoms with van der Waals surface area (Å²) >= 11 is 0. The minimum Gasteiger partial charge on any atom is -0.493 e.